The minimum absolute atomic E-state index is 0.146. The average Bonchev–Trinajstić information content (AvgIpc) is 2.41. The van der Waals surface area contributed by atoms with Crippen LogP contribution in [0.25, 0.3) is 0 Å². The Hall–Kier alpha value is -2.03. The van der Waals surface area contributed by atoms with Gasteiger partial charge in [0.2, 0.25) is 5.91 Å². The Bertz CT molecular complexity index is 453. The zero-order valence-corrected chi connectivity index (χ0v) is 10.5. The molecule has 94 valence electrons. The van der Waals surface area contributed by atoms with Gasteiger partial charge in [0.1, 0.15) is 0 Å². The molecule has 0 atom stereocenters. The quantitative estimate of drug-likeness (QED) is 0.754. The second-order valence-corrected chi connectivity index (χ2v) is 4.42. The zero-order chi connectivity index (χ0) is 13.0. The number of hydrogen-bond acceptors (Lipinski definition) is 2. The fourth-order valence-electron chi connectivity index (χ4n) is 2.05. The van der Waals surface area contributed by atoms with Crippen LogP contribution in [0.4, 0.5) is 0 Å². The molecule has 2 rings (SSSR count). The first-order valence-electron chi connectivity index (χ1n) is 6.08. The van der Waals surface area contributed by atoms with Gasteiger partial charge in [-0.05, 0) is 11.6 Å². The van der Waals surface area contributed by atoms with E-state index in [1.54, 1.807) is 6.08 Å². The molecule has 1 aromatic rings. The van der Waals surface area contributed by atoms with Gasteiger partial charge in [0.05, 0.1) is 6.54 Å². The third kappa shape index (κ3) is 2.80. The lowest BCUT2D eigenvalue weighted by Gasteiger charge is -2.35. The van der Waals surface area contributed by atoms with Crippen LogP contribution in [0.2, 0.25) is 0 Å². The molecule has 1 heterocycles. The van der Waals surface area contributed by atoms with Gasteiger partial charge in [0, 0.05) is 25.3 Å². The molecule has 0 spiro atoms. The van der Waals surface area contributed by atoms with E-state index in [-0.39, 0.29) is 5.91 Å². The lowest BCUT2D eigenvalue weighted by atomic mass is 10.2. The third-order valence-corrected chi connectivity index (χ3v) is 3.18. The predicted molar refractivity (Wildman–Crippen MR) is 72.8 cm³/mol. The van der Waals surface area contributed by atoms with Crippen LogP contribution < -0.4 is 0 Å². The number of amides is 1. The molecule has 1 amide bonds. The zero-order valence-electron chi connectivity index (χ0n) is 10.5. The van der Waals surface area contributed by atoms with Crippen molar-refractivity contribution in [3.63, 3.8) is 0 Å². The molecule has 18 heavy (non-hydrogen) atoms. The summed E-state index contributed by atoms with van der Waals surface area (Å²) in [5, 5.41) is 0. The summed E-state index contributed by atoms with van der Waals surface area (Å²) in [4.78, 5) is 15.9. The number of allylic oxidation sites excluding steroid dienone is 1. The van der Waals surface area contributed by atoms with Gasteiger partial charge in [-0.25, -0.2) is 0 Å². The first-order valence-corrected chi connectivity index (χ1v) is 6.08. The van der Waals surface area contributed by atoms with Crippen molar-refractivity contribution in [3.8, 4) is 0 Å². The van der Waals surface area contributed by atoms with E-state index in [2.05, 4.69) is 13.2 Å². The Balaban J connectivity index is 1.96. The summed E-state index contributed by atoms with van der Waals surface area (Å²) < 4.78 is 0. The van der Waals surface area contributed by atoms with Crippen molar-refractivity contribution in [1.29, 1.82) is 0 Å². The van der Waals surface area contributed by atoms with Crippen molar-refractivity contribution < 1.29 is 4.79 Å². The summed E-state index contributed by atoms with van der Waals surface area (Å²) in [6.07, 6.45) is 1.69. The Morgan fingerprint density at radius 1 is 1.28 bits per heavy atom. The van der Waals surface area contributed by atoms with Gasteiger partial charge in [0.25, 0.3) is 0 Å². The number of rotatable bonds is 4. The molecule has 3 heteroatoms. The molecule has 0 saturated carbocycles. The topological polar surface area (TPSA) is 23.6 Å². The van der Waals surface area contributed by atoms with Crippen molar-refractivity contribution in [2.45, 2.75) is 6.54 Å². The molecule has 1 fully saturated rings. The standard InChI is InChI=1S/C15H18N2O/c1-3-13(2)16-9-10-17(15(18)12-16)11-14-7-5-4-6-8-14/h3-8H,1-2,9-12H2. The summed E-state index contributed by atoms with van der Waals surface area (Å²) in [7, 11) is 0. The lowest BCUT2D eigenvalue weighted by molar-refractivity contribution is -0.135. The van der Waals surface area contributed by atoms with Crippen LogP contribution in [0.1, 0.15) is 5.56 Å². The fraction of sp³-hybridized carbons (Fsp3) is 0.267. The first-order chi connectivity index (χ1) is 8.70. The minimum Gasteiger partial charge on any atom is -0.361 e. The first kappa shape index (κ1) is 12.4. The molecule has 0 bridgehead atoms. The molecule has 1 aliphatic rings. The van der Waals surface area contributed by atoms with Crippen LogP contribution in [0.15, 0.2) is 55.3 Å². The normalized spacial score (nSPS) is 15.7. The summed E-state index contributed by atoms with van der Waals surface area (Å²) in [6, 6.07) is 10.1. The van der Waals surface area contributed by atoms with Crippen LogP contribution in [0, 0.1) is 0 Å². The van der Waals surface area contributed by atoms with Gasteiger partial charge >= 0.3 is 0 Å². The van der Waals surface area contributed by atoms with Gasteiger partial charge in [-0.1, -0.05) is 43.5 Å². The lowest BCUT2D eigenvalue weighted by Crippen LogP contribution is -2.48. The SMILES string of the molecule is C=CC(=C)N1CCN(Cc2ccccc2)C(=O)C1. The van der Waals surface area contributed by atoms with Crippen LogP contribution >= 0.6 is 0 Å². The molecule has 1 saturated heterocycles. The average molecular weight is 242 g/mol. The van der Waals surface area contributed by atoms with Crippen molar-refractivity contribution in [1.82, 2.24) is 9.80 Å². The second kappa shape index (κ2) is 5.54. The minimum atomic E-state index is 0.146. The highest BCUT2D eigenvalue weighted by molar-refractivity contribution is 5.79. The molecular formula is C15H18N2O. The molecule has 1 aromatic carbocycles. The smallest absolute Gasteiger partial charge is 0.242 e. The molecule has 0 aliphatic carbocycles. The molecular weight excluding hydrogens is 224 g/mol. The molecule has 3 nitrogen and oxygen atoms in total. The highest BCUT2D eigenvalue weighted by Crippen LogP contribution is 2.12. The maximum absolute atomic E-state index is 12.0. The highest BCUT2D eigenvalue weighted by atomic mass is 16.2. The Morgan fingerprint density at radius 2 is 2.00 bits per heavy atom. The molecule has 0 unspecified atom stereocenters. The number of carbonyl (C=O) groups is 1. The second-order valence-electron chi connectivity index (χ2n) is 4.42. The number of piperazine rings is 1. The van der Waals surface area contributed by atoms with Gasteiger partial charge in [-0.3, -0.25) is 4.79 Å². The van der Waals surface area contributed by atoms with E-state index < -0.39 is 0 Å². The van der Waals surface area contributed by atoms with Crippen LogP contribution in [-0.4, -0.2) is 35.3 Å². The summed E-state index contributed by atoms with van der Waals surface area (Å²) in [6.45, 7) is 10.2. The van der Waals surface area contributed by atoms with Crippen molar-refractivity contribution in [2.24, 2.45) is 0 Å². The van der Waals surface area contributed by atoms with E-state index in [0.29, 0.717) is 13.1 Å². The number of carbonyl (C=O) groups excluding carboxylic acids is 1. The number of hydrogen-bond donors (Lipinski definition) is 0. The Labute approximate surface area is 108 Å². The van der Waals surface area contributed by atoms with Crippen molar-refractivity contribution >= 4 is 5.91 Å². The number of nitrogens with zero attached hydrogens (tertiary/aromatic N) is 2. The molecule has 0 N–H and O–H groups in total. The van der Waals surface area contributed by atoms with E-state index in [0.717, 1.165) is 18.8 Å². The van der Waals surface area contributed by atoms with E-state index >= 15 is 0 Å². The fourth-order valence-corrected chi connectivity index (χ4v) is 2.05. The van der Waals surface area contributed by atoms with E-state index in [1.807, 2.05) is 40.1 Å². The predicted octanol–water partition coefficient (Wildman–Crippen LogP) is 2.03. The van der Waals surface area contributed by atoms with Crippen LogP contribution in [0.3, 0.4) is 0 Å². The van der Waals surface area contributed by atoms with Gasteiger partial charge < -0.3 is 9.80 Å². The number of benzene rings is 1. The Morgan fingerprint density at radius 3 is 2.61 bits per heavy atom. The maximum Gasteiger partial charge on any atom is 0.242 e. The summed E-state index contributed by atoms with van der Waals surface area (Å²) in [5.41, 5.74) is 1.99. The summed E-state index contributed by atoms with van der Waals surface area (Å²) in [5.74, 6) is 0.146. The van der Waals surface area contributed by atoms with E-state index in [4.69, 9.17) is 0 Å². The maximum atomic E-state index is 12.0. The molecule has 0 aromatic heterocycles. The largest absolute Gasteiger partial charge is 0.361 e. The third-order valence-electron chi connectivity index (χ3n) is 3.18. The van der Waals surface area contributed by atoms with Crippen molar-refractivity contribution in [2.75, 3.05) is 19.6 Å². The van der Waals surface area contributed by atoms with Gasteiger partial charge in [-0.2, -0.15) is 0 Å². The van der Waals surface area contributed by atoms with E-state index in [1.165, 1.54) is 5.56 Å². The highest BCUT2D eigenvalue weighted by Gasteiger charge is 2.23. The Kier molecular flexibility index (Phi) is 3.82. The molecule has 1 aliphatic heterocycles. The van der Waals surface area contributed by atoms with Crippen LogP contribution in [-0.2, 0) is 11.3 Å². The van der Waals surface area contributed by atoms with Crippen LogP contribution in [0.5, 0.6) is 0 Å². The van der Waals surface area contributed by atoms with Gasteiger partial charge in [0.15, 0.2) is 0 Å². The monoisotopic (exact) mass is 242 g/mol. The summed E-state index contributed by atoms with van der Waals surface area (Å²) >= 11 is 0. The van der Waals surface area contributed by atoms with Gasteiger partial charge in [-0.15, -0.1) is 0 Å². The molecule has 0 radical (unpaired) electrons. The van der Waals surface area contributed by atoms with E-state index in [9.17, 15) is 4.79 Å². The van der Waals surface area contributed by atoms with Crippen molar-refractivity contribution in [3.05, 3.63) is 60.8 Å².